The number of nitrogens with two attached hydrogens (primary N) is 1. The third kappa shape index (κ3) is 11.8. The van der Waals surface area contributed by atoms with Crippen LogP contribution in [0.25, 0.3) is 10.4 Å². The Morgan fingerprint density at radius 2 is 1.89 bits per heavy atom. The van der Waals surface area contributed by atoms with Crippen LogP contribution in [0.15, 0.2) is 23.3 Å². The number of nitrogens with one attached hydrogen (secondary N) is 2. The summed E-state index contributed by atoms with van der Waals surface area (Å²) in [6.45, 7) is 7.31. The molecule has 1 aromatic rings. The molecular weight excluding hydrogens is 456 g/mol. The Labute approximate surface area is 204 Å². The lowest BCUT2D eigenvalue weighted by atomic mass is 10.1. The molecule has 1 atom stereocenters. The number of ketones is 1. The number of hydrogen-bond acceptors (Lipinski definition) is 7. The quantitative estimate of drug-likeness (QED) is 0.118. The Hall–Kier alpha value is -3.79. The van der Waals surface area contributed by atoms with E-state index >= 15 is 0 Å². The zero-order valence-corrected chi connectivity index (χ0v) is 20.6. The first-order chi connectivity index (χ1) is 16.4. The lowest BCUT2D eigenvalue weighted by Gasteiger charge is -2.22. The van der Waals surface area contributed by atoms with Crippen molar-refractivity contribution in [2.45, 2.75) is 65.0 Å². The normalized spacial score (nSPS) is 11.5. The summed E-state index contributed by atoms with van der Waals surface area (Å²) in [7, 11) is 0. The number of rotatable bonds is 14. The number of alkyl carbamates (subject to hydrolysis) is 1. The fourth-order valence-corrected chi connectivity index (χ4v) is 2.92. The van der Waals surface area contributed by atoms with Crippen molar-refractivity contribution in [1.29, 1.82) is 0 Å². The third-order valence-corrected chi connectivity index (χ3v) is 4.59. The molecule has 3 amide bonds. The lowest BCUT2D eigenvalue weighted by molar-refractivity contribution is -0.120. The van der Waals surface area contributed by atoms with E-state index in [4.69, 9.17) is 20.7 Å². The van der Waals surface area contributed by atoms with Crippen molar-refractivity contribution in [3.05, 3.63) is 39.8 Å². The van der Waals surface area contributed by atoms with Gasteiger partial charge in [0.15, 0.2) is 5.78 Å². The van der Waals surface area contributed by atoms with Crippen LogP contribution in [-0.4, -0.2) is 55.0 Å². The molecule has 0 heterocycles. The molecule has 0 aliphatic carbocycles. The summed E-state index contributed by atoms with van der Waals surface area (Å²) in [6.07, 6.45) is 1.04. The van der Waals surface area contributed by atoms with Crippen LogP contribution in [-0.2, 0) is 9.53 Å². The van der Waals surface area contributed by atoms with Gasteiger partial charge in [-0.2, -0.15) is 0 Å². The van der Waals surface area contributed by atoms with Crippen LogP contribution < -0.4 is 21.1 Å². The van der Waals surface area contributed by atoms with Gasteiger partial charge in [-0.05, 0) is 77.1 Å². The minimum absolute atomic E-state index is 0.191. The molecule has 0 aromatic heterocycles. The number of Topliss-reactive ketones (excluding diaryl/α,β-unsaturated/α-hetero) is 1. The number of hydrogen-bond donors (Lipinski definition) is 3. The van der Waals surface area contributed by atoms with Gasteiger partial charge in [-0.3, -0.25) is 14.4 Å². The van der Waals surface area contributed by atoms with Crippen molar-refractivity contribution in [1.82, 2.24) is 10.6 Å². The summed E-state index contributed by atoms with van der Waals surface area (Å²) in [5.41, 5.74) is 13.6. The summed E-state index contributed by atoms with van der Waals surface area (Å²) in [5, 5.41) is 8.65. The molecule has 1 aromatic carbocycles. The molecule has 12 nitrogen and oxygen atoms in total. The van der Waals surface area contributed by atoms with Crippen LogP contribution in [0.5, 0.6) is 5.75 Å². The molecule has 0 saturated heterocycles. The molecule has 12 heteroatoms. The van der Waals surface area contributed by atoms with Gasteiger partial charge < -0.3 is 25.8 Å². The molecule has 0 fully saturated rings. The predicted molar refractivity (Wildman–Crippen MR) is 129 cm³/mol. The monoisotopic (exact) mass is 490 g/mol. The van der Waals surface area contributed by atoms with E-state index < -0.39 is 29.6 Å². The highest BCUT2D eigenvalue weighted by atomic mass is 16.6. The fraction of sp³-hybridized carbons (Fsp3) is 0.565. The SMILES string of the molecule is CC(=O)c1ccc(OCCCN=[N+]=[N-])c(C(=O)NCCCCC(NC(=O)OC(C)(C)C)C(N)=O)c1. The zero-order valence-electron chi connectivity index (χ0n) is 20.6. The van der Waals surface area contributed by atoms with Gasteiger partial charge in [0.2, 0.25) is 5.91 Å². The largest absolute Gasteiger partial charge is 0.493 e. The average molecular weight is 491 g/mol. The van der Waals surface area contributed by atoms with Crippen LogP contribution in [0.1, 0.15) is 74.1 Å². The first-order valence-corrected chi connectivity index (χ1v) is 11.3. The second kappa shape index (κ2) is 14.5. The summed E-state index contributed by atoms with van der Waals surface area (Å²) >= 11 is 0. The topological polar surface area (TPSA) is 186 Å². The van der Waals surface area contributed by atoms with E-state index in [1.807, 2.05) is 0 Å². The Balaban J connectivity index is 2.63. The first kappa shape index (κ1) is 29.2. The third-order valence-electron chi connectivity index (χ3n) is 4.59. The van der Waals surface area contributed by atoms with Crippen molar-refractivity contribution in [3.8, 4) is 5.75 Å². The number of amides is 3. The molecule has 35 heavy (non-hydrogen) atoms. The number of nitrogens with zero attached hydrogens (tertiary/aromatic N) is 3. The van der Waals surface area contributed by atoms with Gasteiger partial charge in [0.25, 0.3) is 5.91 Å². The minimum Gasteiger partial charge on any atom is -0.493 e. The molecule has 0 bridgehead atoms. The molecule has 4 N–H and O–H groups in total. The number of azide groups is 1. The zero-order chi connectivity index (χ0) is 26.4. The van der Waals surface area contributed by atoms with Crippen LogP contribution >= 0.6 is 0 Å². The van der Waals surface area contributed by atoms with Gasteiger partial charge >= 0.3 is 6.09 Å². The molecule has 0 aliphatic heterocycles. The number of benzene rings is 1. The number of primary amides is 1. The predicted octanol–water partition coefficient (Wildman–Crippen LogP) is 3.25. The highest BCUT2D eigenvalue weighted by molar-refractivity contribution is 6.01. The molecule has 0 radical (unpaired) electrons. The lowest BCUT2D eigenvalue weighted by Crippen LogP contribution is -2.46. The first-order valence-electron chi connectivity index (χ1n) is 11.3. The molecule has 0 saturated carbocycles. The standard InChI is InChI=1S/C23H34N6O6/c1-15(30)16-9-10-19(34-13-7-12-27-29-25)17(14-16)21(32)26-11-6-5-8-18(20(24)31)28-22(33)35-23(2,3)4/h9-10,14,18H,5-8,11-13H2,1-4H3,(H2,24,31)(H,26,32)(H,28,33). The number of carbonyl (C=O) groups is 4. The maximum absolute atomic E-state index is 12.7. The van der Waals surface area contributed by atoms with Crippen LogP contribution in [0.4, 0.5) is 4.79 Å². The van der Waals surface area contributed by atoms with Gasteiger partial charge in [0.05, 0.1) is 12.2 Å². The number of unbranched alkanes of at least 4 members (excludes halogenated alkanes) is 1. The average Bonchev–Trinajstić information content (AvgIpc) is 2.76. The van der Waals surface area contributed by atoms with Gasteiger partial charge in [-0.25, -0.2) is 4.79 Å². The van der Waals surface area contributed by atoms with Crippen molar-refractivity contribution in [3.63, 3.8) is 0 Å². The van der Waals surface area contributed by atoms with E-state index in [-0.39, 0.29) is 37.5 Å². The fourth-order valence-electron chi connectivity index (χ4n) is 2.92. The van der Waals surface area contributed by atoms with Crippen molar-refractivity contribution in [2.75, 3.05) is 19.7 Å². The second-order valence-corrected chi connectivity index (χ2v) is 8.78. The Bertz CT molecular complexity index is 952. The van der Waals surface area contributed by atoms with Crippen molar-refractivity contribution in [2.24, 2.45) is 10.8 Å². The van der Waals surface area contributed by atoms with E-state index in [1.165, 1.54) is 13.0 Å². The molecule has 0 spiro atoms. The van der Waals surface area contributed by atoms with Gasteiger partial charge in [-0.1, -0.05) is 5.11 Å². The van der Waals surface area contributed by atoms with Gasteiger partial charge in [0, 0.05) is 23.6 Å². The van der Waals surface area contributed by atoms with E-state index in [0.717, 1.165) is 0 Å². The summed E-state index contributed by atoms with van der Waals surface area (Å²) in [6, 6.07) is 3.70. The molecule has 0 aliphatic rings. The molecular formula is C23H34N6O6. The smallest absolute Gasteiger partial charge is 0.408 e. The summed E-state index contributed by atoms with van der Waals surface area (Å²) in [5.74, 6) is -0.979. The summed E-state index contributed by atoms with van der Waals surface area (Å²) in [4.78, 5) is 50.7. The molecule has 1 rings (SSSR count). The van der Waals surface area contributed by atoms with E-state index in [1.54, 1.807) is 32.9 Å². The second-order valence-electron chi connectivity index (χ2n) is 8.78. The summed E-state index contributed by atoms with van der Waals surface area (Å²) < 4.78 is 10.8. The van der Waals surface area contributed by atoms with E-state index in [0.29, 0.717) is 30.6 Å². The van der Waals surface area contributed by atoms with Crippen LogP contribution in [0, 0.1) is 0 Å². The number of ether oxygens (including phenoxy) is 2. The molecule has 1 unspecified atom stereocenters. The van der Waals surface area contributed by atoms with Gasteiger partial charge in [-0.15, -0.1) is 0 Å². The Morgan fingerprint density at radius 1 is 1.17 bits per heavy atom. The Kier molecular flexibility index (Phi) is 12.1. The van der Waals surface area contributed by atoms with Gasteiger partial charge in [0.1, 0.15) is 17.4 Å². The minimum atomic E-state index is -0.891. The maximum atomic E-state index is 12.7. The Morgan fingerprint density at radius 3 is 2.49 bits per heavy atom. The van der Waals surface area contributed by atoms with Crippen LogP contribution in [0.3, 0.4) is 0 Å². The highest BCUT2D eigenvalue weighted by Gasteiger charge is 2.22. The molecule has 192 valence electrons. The number of carbonyl (C=O) groups excluding carboxylic acids is 4. The van der Waals surface area contributed by atoms with Crippen LogP contribution in [0.2, 0.25) is 0 Å². The maximum Gasteiger partial charge on any atom is 0.408 e. The van der Waals surface area contributed by atoms with E-state index in [9.17, 15) is 19.2 Å². The van der Waals surface area contributed by atoms with Crippen molar-refractivity contribution < 1.29 is 28.7 Å². The highest BCUT2D eigenvalue weighted by Crippen LogP contribution is 2.21. The van der Waals surface area contributed by atoms with Crippen molar-refractivity contribution >= 4 is 23.7 Å². The van der Waals surface area contributed by atoms with E-state index in [2.05, 4.69) is 20.7 Å².